The van der Waals surface area contributed by atoms with Gasteiger partial charge in [0.15, 0.2) is 0 Å². The summed E-state index contributed by atoms with van der Waals surface area (Å²) in [6.45, 7) is 4.53. The van der Waals surface area contributed by atoms with Crippen LogP contribution in [0, 0.1) is 18.3 Å². The first-order valence-corrected chi connectivity index (χ1v) is 6.24. The largest absolute Gasteiger partial charge is 0.492 e. The summed E-state index contributed by atoms with van der Waals surface area (Å²) in [4.78, 5) is 0. The minimum absolute atomic E-state index is 0.609. The van der Waals surface area contributed by atoms with E-state index in [2.05, 4.69) is 11.4 Å². The Bertz CT molecular complexity index is 614. The predicted octanol–water partition coefficient (Wildman–Crippen LogP) is 4.01. The molecule has 0 aliphatic rings. The highest BCUT2D eigenvalue weighted by atomic mass is 16.5. The highest BCUT2D eigenvalue weighted by molar-refractivity contribution is 5.70. The quantitative estimate of drug-likeness (QED) is 0.894. The van der Waals surface area contributed by atoms with Crippen LogP contribution in [0.4, 0.5) is 11.4 Å². The highest BCUT2D eigenvalue weighted by Gasteiger charge is 2.06. The third kappa shape index (κ3) is 3.05. The van der Waals surface area contributed by atoms with Crippen molar-refractivity contribution in [2.75, 3.05) is 11.9 Å². The van der Waals surface area contributed by atoms with Crippen LogP contribution >= 0.6 is 0 Å². The van der Waals surface area contributed by atoms with E-state index in [1.54, 1.807) is 0 Å². The Morgan fingerprint density at radius 1 is 1.16 bits per heavy atom. The summed E-state index contributed by atoms with van der Waals surface area (Å²) in [6, 6.07) is 15.7. The summed E-state index contributed by atoms with van der Waals surface area (Å²) >= 11 is 0. The molecule has 0 atom stereocenters. The molecule has 0 heterocycles. The number of nitrogens with zero attached hydrogens (tertiary/aromatic N) is 1. The van der Waals surface area contributed by atoms with Gasteiger partial charge in [0.1, 0.15) is 11.8 Å². The lowest BCUT2D eigenvalue weighted by atomic mass is 10.1. The van der Waals surface area contributed by atoms with E-state index in [4.69, 9.17) is 4.74 Å². The van der Waals surface area contributed by atoms with Crippen molar-refractivity contribution >= 4 is 11.4 Å². The Hall–Kier alpha value is -2.47. The molecule has 0 bridgehead atoms. The fourth-order valence-electron chi connectivity index (χ4n) is 1.86. The number of hydrogen-bond acceptors (Lipinski definition) is 3. The number of hydrogen-bond donors (Lipinski definition) is 1. The molecular weight excluding hydrogens is 236 g/mol. The van der Waals surface area contributed by atoms with E-state index in [1.807, 2.05) is 56.3 Å². The first-order chi connectivity index (χ1) is 9.24. The molecule has 0 radical (unpaired) electrons. The van der Waals surface area contributed by atoms with E-state index in [9.17, 15) is 5.26 Å². The van der Waals surface area contributed by atoms with E-state index in [-0.39, 0.29) is 0 Å². The van der Waals surface area contributed by atoms with Crippen molar-refractivity contribution in [3.05, 3.63) is 53.6 Å². The third-order valence-corrected chi connectivity index (χ3v) is 2.75. The van der Waals surface area contributed by atoms with E-state index in [0.29, 0.717) is 12.2 Å². The van der Waals surface area contributed by atoms with Gasteiger partial charge in [0.2, 0.25) is 0 Å². The molecule has 19 heavy (non-hydrogen) atoms. The van der Waals surface area contributed by atoms with Gasteiger partial charge in [-0.05, 0) is 43.7 Å². The van der Waals surface area contributed by atoms with Gasteiger partial charge in [-0.15, -0.1) is 0 Å². The van der Waals surface area contributed by atoms with Gasteiger partial charge >= 0.3 is 0 Å². The zero-order chi connectivity index (χ0) is 13.7. The number of para-hydroxylation sites is 2. The number of anilines is 2. The SMILES string of the molecule is CCOc1ccccc1Nc1ccc(C)cc1C#N. The summed E-state index contributed by atoms with van der Waals surface area (Å²) < 4.78 is 5.56. The first kappa shape index (κ1) is 13.0. The van der Waals surface area contributed by atoms with Gasteiger partial charge in [-0.2, -0.15) is 5.26 Å². The minimum atomic E-state index is 0.609. The average molecular weight is 252 g/mol. The molecule has 0 saturated heterocycles. The Morgan fingerprint density at radius 3 is 2.68 bits per heavy atom. The molecule has 96 valence electrons. The molecule has 0 unspecified atom stereocenters. The van der Waals surface area contributed by atoms with Crippen LogP contribution in [0.25, 0.3) is 0 Å². The second-order valence-corrected chi connectivity index (χ2v) is 4.22. The molecule has 2 aromatic rings. The van der Waals surface area contributed by atoms with Crippen molar-refractivity contribution in [2.45, 2.75) is 13.8 Å². The van der Waals surface area contributed by atoms with Gasteiger partial charge < -0.3 is 10.1 Å². The fraction of sp³-hybridized carbons (Fsp3) is 0.188. The lowest BCUT2D eigenvalue weighted by Gasteiger charge is -2.13. The standard InChI is InChI=1S/C16H16N2O/c1-3-19-16-7-5-4-6-15(16)18-14-9-8-12(2)10-13(14)11-17/h4-10,18H,3H2,1-2H3. The summed E-state index contributed by atoms with van der Waals surface area (Å²) in [6.07, 6.45) is 0. The molecular formula is C16H16N2O. The lowest BCUT2D eigenvalue weighted by Crippen LogP contribution is -1.99. The van der Waals surface area contributed by atoms with Gasteiger partial charge in [0, 0.05) is 0 Å². The van der Waals surface area contributed by atoms with Gasteiger partial charge in [-0.3, -0.25) is 0 Å². The second-order valence-electron chi connectivity index (χ2n) is 4.22. The molecule has 0 fully saturated rings. The van der Waals surface area contributed by atoms with Crippen LogP contribution in [0.5, 0.6) is 5.75 Å². The zero-order valence-electron chi connectivity index (χ0n) is 11.1. The molecule has 0 aromatic heterocycles. The maximum Gasteiger partial charge on any atom is 0.142 e. The van der Waals surface area contributed by atoms with Crippen molar-refractivity contribution in [3.8, 4) is 11.8 Å². The molecule has 0 saturated carbocycles. The van der Waals surface area contributed by atoms with Gasteiger partial charge in [0.05, 0.1) is 23.5 Å². The number of aryl methyl sites for hydroxylation is 1. The number of nitrogens with one attached hydrogen (secondary N) is 1. The molecule has 0 aliphatic heterocycles. The summed E-state index contributed by atoms with van der Waals surface area (Å²) in [5.41, 5.74) is 3.36. The Labute approximate surface area is 113 Å². The molecule has 0 amide bonds. The third-order valence-electron chi connectivity index (χ3n) is 2.75. The van der Waals surface area contributed by atoms with Crippen LogP contribution in [-0.2, 0) is 0 Å². The number of ether oxygens (including phenoxy) is 1. The molecule has 1 N–H and O–H groups in total. The highest BCUT2D eigenvalue weighted by Crippen LogP contribution is 2.29. The molecule has 3 nitrogen and oxygen atoms in total. The van der Waals surface area contributed by atoms with Crippen LogP contribution < -0.4 is 10.1 Å². The molecule has 2 rings (SSSR count). The molecule has 0 aliphatic carbocycles. The van der Waals surface area contributed by atoms with Gasteiger partial charge in [-0.25, -0.2) is 0 Å². The number of benzene rings is 2. The topological polar surface area (TPSA) is 45.0 Å². The average Bonchev–Trinajstić information content (AvgIpc) is 2.43. The molecule has 0 spiro atoms. The van der Waals surface area contributed by atoms with Crippen LogP contribution in [-0.4, -0.2) is 6.61 Å². The maximum atomic E-state index is 9.17. The van der Waals surface area contributed by atoms with E-state index < -0.39 is 0 Å². The maximum absolute atomic E-state index is 9.17. The summed E-state index contributed by atoms with van der Waals surface area (Å²) in [5, 5.41) is 12.4. The van der Waals surface area contributed by atoms with E-state index in [0.717, 1.165) is 22.7 Å². The van der Waals surface area contributed by atoms with Crippen LogP contribution in [0.2, 0.25) is 0 Å². The van der Waals surface area contributed by atoms with Crippen molar-refractivity contribution in [1.29, 1.82) is 5.26 Å². The van der Waals surface area contributed by atoms with E-state index >= 15 is 0 Å². The monoisotopic (exact) mass is 252 g/mol. The fourth-order valence-corrected chi connectivity index (χ4v) is 1.86. The number of rotatable bonds is 4. The van der Waals surface area contributed by atoms with Crippen LogP contribution in [0.15, 0.2) is 42.5 Å². The van der Waals surface area contributed by atoms with Crippen molar-refractivity contribution < 1.29 is 4.74 Å². The normalized spacial score (nSPS) is 9.74. The van der Waals surface area contributed by atoms with Crippen molar-refractivity contribution in [3.63, 3.8) is 0 Å². The summed E-state index contributed by atoms with van der Waals surface area (Å²) in [7, 11) is 0. The predicted molar refractivity (Wildman–Crippen MR) is 76.8 cm³/mol. The molecule has 2 aromatic carbocycles. The van der Waals surface area contributed by atoms with E-state index in [1.165, 1.54) is 0 Å². The van der Waals surface area contributed by atoms with Crippen molar-refractivity contribution in [1.82, 2.24) is 0 Å². The first-order valence-electron chi connectivity index (χ1n) is 6.24. The smallest absolute Gasteiger partial charge is 0.142 e. The van der Waals surface area contributed by atoms with Crippen molar-refractivity contribution in [2.24, 2.45) is 0 Å². The Kier molecular flexibility index (Phi) is 4.04. The van der Waals surface area contributed by atoms with Gasteiger partial charge in [0.25, 0.3) is 0 Å². The van der Waals surface area contributed by atoms with Crippen LogP contribution in [0.1, 0.15) is 18.1 Å². The second kappa shape index (κ2) is 5.92. The lowest BCUT2D eigenvalue weighted by molar-refractivity contribution is 0.342. The molecule has 3 heteroatoms. The number of nitriles is 1. The van der Waals surface area contributed by atoms with Gasteiger partial charge in [-0.1, -0.05) is 18.2 Å². The Morgan fingerprint density at radius 2 is 1.95 bits per heavy atom. The minimum Gasteiger partial charge on any atom is -0.492 e. The zero-order valence-corrected chi connectivity index (χ0v) is 11.1. The summed E-state index contributed by atoms with van der Waals surface area (Å²) in [5.74, 6) is 0.787. The van der Waals surface area contributed by atoms with Crippen LogP contribution in [0.3, 0.4) is 0 Å². The Balaban J connectivity index is 2.34.